The molecule has 1 unspecified atom stereocenters. The lowest BCUT2D eigenvalue weighted by Crippen LogP contribution is -2.40. The average Bonchev–Trinajstić information content (AvgIpc) is 2.59. The monoisotopic (exact) mass is 328 g/mol. The van der Waals surface area contributed by atoms with E-state index in [-0.39, 0.29) is 18.1 Å². The number of hydrogen-bond donors (Lipinski definition) is 0. The summed E-state index contributed by atoms with van der Waals surface area (Å²) in [6, 6.07) is 15.4. The number of esters is 1. The standard InChI is InChI=1S/C20H21FO3/c1-14(2)17-12-8-7-11-16(17)13-24-19(23)20(3,21)18(22)15-9-5-4-6-10-15/h4-12,14H,13H2,1-3H3. The molecule has 2 aromatic rings. The summed E-state index contributed by atoms with van der Waals surface area (Å²) in [6.07, 6.45) is 0. The number of ether oxygens (including phenoxy) is 1. The van der Waals surface area contributed by atoms with E-state index in [9.17, 15) is 14.0 Å². The molecule has 0 spiro atoms. The van der Waals surface area contributed by atoms with Gasteiger partial charge in [-0.1, -0.05) is 68.4 Å². The van der Waals surface area contributed by atoms with Crippen molar-refractivity contribution in [1.29, 1.82) is 0 Å². The lowest BCUT2D eigenvalue weighted by Gasteiger charge is -2.19. The van der Waals surface area contributed by atoms with Gasteiger partial charge in [0.15, 0.2) is 0 Å². The largest absolute Gasteiger partial charge is 0.458 e. The predicted octanol–water partition coefficient (Wildman–Crippen LogP) is 4.46. The van der Waals surface area contributed by atoms with Gasteiger partial charge in [-0.25, -0.2) is 9.18 Å². The molecule has 0 fully saturated rings. The molecule has 3 nitrogen and oxygen atoms in total. The van der Waals surface area contributed by atoms with E-state index in [0.717, 1.165) is 18.1 Å². The van der Waals surface area contributed by atoms with Crippen molar-refractivity contribution in [1.82, 2.24) is 0 Å². The van der Waals surface area contributed by atoms with E-state index in [0.29, 0.717) is 0 Å². The van der Waals surface area contributed by atoms with E-state index < -0.39 is 17.4 Å². The zero-order valence-electron chi connectivity index (χ0n) is 14.1. The van der Waals surface area contributed by atoms with Gasteiger partial charge in [-0.3, -0.25) is 4.79 Å². The van der Waals surface area contributed by atoms with Gasteiger partial charge in [0, 0.05) is 5.56 Å². The quantitative estimate of drug-likeness (QED) is 0.446. The Labute approximate surface area is 141 Å². The Balaban J connectivity index is 2.11. The number of halogens is 1. The summed E-state index contributed by atoms with van der Waals surface area (Å²) in [5.74, 6) is -1.82. The molecular weight excluding hydrogens is 307 g/mol. The van der Waals surface area contributed by atoms with Crippen molar-refractivity contribution in [3.05, 3.63) is 71.3 Å². The number of benzene rings is 2. The second-order valence-corrected chi connectivity index (χ2v) is 6.13. The maximum atomic E-state index is 14.7. The molecule has 0 saturated heterocycles. The highest BCUT2D eigenvalue weighted by molar-refractivity contribution is 6.14. The minimum atomic E-state index is -2.71. The topological polar surface area (TPSA) is 43.4 Å². The molecule has 0 aliphatic heterocycles. The second-order valence-electron chi connectivity index (χ2n) is 6.13. The summed E-state index contributed by atoms with van der Waals surface area (Å²) in [6.45, 7) is 4.94. The molecule has 24 heavy (non-hydrogen) atoms. The minimum absolute atomic E-state index is 0.0607. The fraction of sp³-hybridized carbons (Fsp3) is 0.300. The number of carbonyl (C=O) groups is 2. The molecular formula is C20H21FO3. The number of rotatable bonds is 6. The molecule has 0 bridgehead atoms. The summed E-state index contributed by atoms with van der Waals surface area (Å²) in [4.78, 5) is 24.3. The summed E-state index contributed by atoms with van der Waals surface area (Å²) in [7, 11) is 0. The number of carbonyl (C=O) groups excluding carboxylic acids is 2. The van der Waals surface area contributed by atoms with Crippen molar-refractivity contribution in [2.75, 3.05) is 0 Å². The Hall–Kier alpha value is -2.49. The Morgan fingerprint density at radius 3 is 2.25 bits per heavy atom. The van der Waals surface area contributed by atoms with Crippen LogP contribution in [0.3, 0.4) is 0 Å². The van der Waals surface area contributed by atoms with E-state index in [1.807, 2.05) is 38.1 Å². The Morgan fingerprint density at radius 2 is 1.62 bits per heavy atom. The first kappa shape index (κ1) is 17.9. The number of ketones is 1. The zero-order chi connectivity index (χ0) is 17.7. The van der Waals surface area contributed by atoms with Gasteiger partial charge in [-0.05, 0) is 24.0 Å². The van der Waals surface area contributed by atoms with Crippen LogP contribution < -0.4 is 0 Å². The third-order valence-corrected chi connectivity index (χ3v) is 3.88. The lowest BCUT2D eigenvalue weighted by molar-refractivity contribution is -0.154. The van der Waals surface area contributed by atoms with Crippen LogP contribution in [0.5, 0.6) is 0 Å². The van der Waals surface area contributed by atoms with Crippen LogP contribution in [0, 0.1) is 0 Å². The van der Waals surface area contributed by atoms with E-state index in [2.05, 4.69) is 0 Å². The van der Waals surface area contributed by atoms with Gasteiger partial charge in [0.2, 0.25) is 5.78 Å². The molecule has 0 saturated carbocycles. The van der Waals surface area contributed by atoms with E-state index in [1.54, 1.807) is 18.2 Å². The van der Waals surface area contributed by atoms with Crippen LogP contribution in [0.2, 0.25) is 0 Å². The SMILES string of the molecule is CC(C)c1ccccc1COC(=O)C(C)(F)C(=O)c1ccccc1. The van der Waals surface area contributed by atoms with Crippen LogP contribution >= 0.6 is 0 Å². The molecule has 4 heteroatoms. The molecule has 2 aromatic carbocycles. The van der Waals surface area contributed by atoms with Crippen molar-refractivity contribution in [3.63, 3.8) is 0 Å². The number of hydrogen-bond acceptors (Lipinski definition) is 3. The Bertz CT molecular complexity index is 721. The number of Topliss-reactive ketones (excluding diaryl/α,β-unsaturated/α-hetero) is 1. The van der Waals surface area contributed by atoms with E-state index in [4.69, 9.17) is 4.74 Å². The molecule has 1 atom stereocenters. The molecule has 0 radical (unpaired) electrons. The van der Waals surface area contributed by atoms with Crippen LogP contribution in [0.1, 0.15) is 48.2 Å². The molecule has 0 amide bonds. The normalized spacial score (nSPS) is 13.4. The molecule has 0 N–H and O–H groups in total. The second kappa shape index (κ2) is 7.39. The van der Waals surface area contributed by atoms with Crippen molar-refractivity contribution in [2.45, 2.75) is 39.0 Å². The molecule has 0 aromatic heterocycles. The highest BCUT2D eigenvalue weighted by Crippen LogP contribution is 2.23. The first-order chi connectivity index (χ1) is 11.3. The summed E-state index contributed by atoms with van der Waals surface area (Å²) < 4.78 is 19.8. The summed E-state index contributed by atoms with van der Waals surface area (Å²) in [5, 5.41) is 0. The highest BCUT2D eigenvalue weighted by atomic mass is 19.1. The van der Waals surface area contributed by atoms with E-state index in [1.165, 1.54) is 12.1 Å². The van der Waals surface area contributed by atoms with Crippen molar-refractivity contribution in [2.24, 2.45) is 0 Å². The molecule has 0 heterocycles. The molecule has 126 valence electrons. The van der Waals surface area contributed by atoms with Gasteiger partial charge < -0.3 is 4.74 Å². The maximum Gasteiger partial charge on any atom is 0.352 e. The van der Waals surface area contributed by atoms with Gasteiger partial charge in [-0.15, -0.1) is 0 Å². The summed E-state index contributed by atoms with van der Waals surface area (Å²) in [5.41, 5.74) is -0.736. The first-order valence-electron chi connectivity index (χ1n) is 7.87. The van der Waals surface area contributed by atoms with Gasteiger partial charge in [0.25, 0.3) is 5.67 Å². The Morgan fingerprint density at radius 1 is 1.04 bits per heavy atom. The van der Waals surface area contributed by atoms with Crippen molar-refractivity contribution in [3.8, 4) is 0 Å². The third kappa shape index (κ3) is 3.88. The first-order valence-corrected chi connectivity index (χ1v) is 7.87. The average molecular weight is 328 g/mol. The fourth-order valence-corrected chi connectivity index (χ4v) is 2.46. The Kier molecular flexibility index (Phi) is 5.50. The molecule has 2 rings (SSSR count). The molecule has 0 aliphatic carbocycles. The predicted molar refractivity (Wildman–Crippen MR) is 90.6 cm³/mol. The smallest absolute Gasteiger partial charge is 0.352 e. The lowest BCUT2D eigenvalue weighted by atomic mass is 9.96. The van der Waals surface area contributed by atoms with Crippen LogP contribution in [0.25, 0.3) is 0 Å². The fourth-order valence-electron chi connectivity index (χ4n) is 2.46. The molecule has 0 aliphatic rings. The van der Waals surface area contributed by atoms with Crippen LogP contribution in [0.4, 0.5) is 4.39 Å². The van der Waals surface area contributed by atoms with Gasteiger partial charge in [-0.2, -0.15) is 0 Å². The third-order valence-electron chi connectivity index (χ3n) is 3.88. The maximum absolute atomic E-state index is 14.7. The van der Waals surface area contributed by atoms with Gasteiger partial charge in [0.05, 0.1) is 0 Å². The van der Waals surface area contributed by atoms with Gasteiger partial charge in [0.1, 0.15) is 6.61 Å². The summed E-state index contributed by atoms with van der Waals surface area (Å²) >= 11 is 0. The van der Waals surface area contributed by atoms with Crippen molar-refractivity contribution < 1.29 is 18.7 Å². The number of alkyl halides is 1. The van der Waals surface area contributed by atoms with Crippen LogP contribution in [0.15, 0.2) is 54.6 Å². The highest BCUT2D eigenvalue weighted by Gasteiger charge is 2.43. The van der Waals surface area contributed by atoms with Crippen molar-refractivity contribution >= 4 is 11.8 Å². The van der Waals surface area contributed by atoms with E-state index >= 15 is 0 Å². The van der Waals surface area contributed by atoms with Crippen LogP contribution in [-0.4, -0.2) is 17.4 Å². The van der Waals surface area contributed by atoms with Gasteiger partial charge >= 0.3 is 5.97 Å². The minimum Gasteiger partial charge on any atom is -0.458 e. The zero-order valence-corrected chi connectivity index (χ0v) is 14.1. The van der Waals surface area contributed by atoms with Crippen LogP contribution in [-0.2, 0) is 16.1 Å².